The summed E-state index contributed by atoms with van der Waals surface area (Å²) in [6.45, 7) is 5.36. The number of imidazole rings is 1. The summed E-state index contributed by atoms with van der Waals surface area (Å²) >= 11 is 0. The van der Waals surface area contributed by atoms with E-state index < -0.39 is 0 Å². The Balaban J connectivity index is 2.18. The molecule has 1 unspecified atom stereocenters. The number of aromatic amines is 1. The summed E-state index contributed by atoms with van der Waals surface area (Å²) in [5, 5.41) is 3.61. The van der Waals surface area contributed by atoms with Crippen molar-refractivity contribution in [2.75, 3.05) is 6.54 Å². The van der Waals surface area contributed by atoms with E-state index in [2.05, 4.69) is 53.4 Å². The van der Waals surface area contributed by atoms with E-state index in [1.807, 2.05) is 0 Å². The Kier molecular flexibility index (Phi) is 2.30. The lowest BCUT2D eigenvalue weighted by atomic mass is 9.82. The zero-order chi connectivity index (χ0) is 11.9. The summed E-state index contributed by atoms with van der Waals surface area (Å²) in [6, 6.07) is 8.52. The molecule has 0 fully saturated rings. The molecule has 1 atom stereocenters. The van der Waals surface area contributed by atoms with E-state index in [4.69, 9.17) is 0 Å². The van der Waals surface area contributed by atoms with Gasteiger partial charge in [0.2, 0.25) is 0 Å². The van der Waals surface area contributed by atoms with Crippen molar-refractivity contribution >= 4 is 0 Å². The number of nitrogens with one attached hydrogen (secondary N) is 2. The van der Waals surface area contributed by atoms with E-state index in [0.29, 0.717) is 0 Å². The smallest absolute Gasteiger partial charge is 0.0926 e. The molecule has 0 saturated carbocycles. The molecule has 1 aromatic heterocycles. The van der Waals surface area contributed by atoms with Crippen LogP contribution in [0.4, 0.5) is 0 Å². The predicted molar refractivity (Wildman–Crippen MR) is 67.9 cm³/mol. The van der Waals surface area contributed by atoms with Gasteiger partial charge >= 0.3 is 0 Å². The van der Waals surface area contributed by atoms with Crippen molar-refractivity contribution in [1.29, 1.82) is 0 Å². The minimum Gasteiger partial charge on any atom is -0.348 e. The summed E-state index contributed by atoms with van der Waals surface area (Å²) < 4.78 is 0. The highest BCUT2D eigenvalue weighted by Gasteiger charge is 2.36. The highest BCUT2D eigenvalue weighted by atomic mass is 15.1. The molecule has 17 heavy (non-hydrogen) atoms. The third-order valence-corrected chi connectivity index (χ3v) is 3.73. The van der Waals surface area contributed by atoms with Gasteiger partial charge in [0.15, 0.2) is 0 Å². The maximum Gasteiger partial charge on any atom is 0.0926 e. The highest BCUT2D eigenvalue weighted by molar-refractivity contribution is 5.42. The van der Waals surface area contributed by atoms with Crippen molar-refractivity contribution in [3.8, 4) is 0 Å². The molecular weight excluding hydrogens is 210 g/mol. The van der Waals surface area contributed by atoms with E-state index in [1.54, 1.807) is 6.33 Å². The lowest BCUT2D eigenvalue weighted by molar-refractivity contribution is 0.402. The fourth-order valence-electron chi connectivity index (χ4n) is 2.82. The van der Waals surface area contributed by atoms with Crippen LogP contribution >= 0.6 is 0 Å². The first-order chi connectivity index (χ1) is 8.22. The van der Waals surface area contributed by atoms with E-state index in [-0.39, 0.29) is 5.54 Å². The summed E-state index contributed by atoms with van der Waals surface area (Å²) in [5.74, 6) is 0. The molecule has 0 aliphatic carbocycles. The number of aromatic nitrogens is 2. The van der Waals surface area contributed by atoms with Crippen molar-refractivity contribution < 1.29 is 0 Å². The first-order valence-corrected chi connectivity index (χ1v) is 6.05. The van der Waals surface area contributed by atoms with Crippen LogP contribution in [0.5, 0.6) is 0 Å². The monoisotopic (exact) mass is 227 g/mol. The van der Waals surface area contributed by atoms with Gasteiger partial charge in [-0.05, 0) is 25.0 Å². The quantitative estimate of drug-likeness (QED) is 0.783. The second-order valence-corrected chi connectivity index (χ2v) is 4.85. The molecule has 0 radical (unpaired) electrons. The van der Waals surface area contributed by atoms with Crippen LogP contribution in [0.2, 0.25) is 0 Å². The maximum absolute atomic E-state index is 4.51. The van der Waals surface area contributed by atoms with Crippen LogP contribution in [-0.2, 0) is 12.0 Å². The molecule has 88 valence electrons. The van der Waals surface area contributed by atoms with Gasteiger partial charge < -0.3 is 10.3 Å². The molecule has 1 aliphatic heterocycles. The summed E-state index contributed by atoms with van der Waals surface area (Å²) in [7, 11) is 0. The number of rotatable bonds is 1. The molecule has 3 rings (SSSR count). The number of H-pyrrole nitrogens is 1. The van der Waals surface area contributed by atoms with Gasteiger partial charge in [0, 0.05) is 18.7 Å². The molecule has 0 amide bonds. The Morgan fingerprint density at radius 3 is 2.94 bits per heavy atom. The van der Waals surface area contributed by atoms with Gasteiger partial charge in [-0.15, -0.1) is 0 Å². The minimum atomic E-state index is -0.168. The van der Waals surface area contributed by atoms with Crippen molar-refractivity contribution in [2.45, 2.75) is 25.8 Å². The third-order valence-electron chi connectivity index (χ3n) is 3.73. The fraction of sp³-hybridized carbons (Fsp3) is 0.357. The molecule has 3 nitrogen and oxygen atoms in total. The van der Waals surface area contributed by atoms with Crippen LogP contribution in [0.1, 0.15) is 29.4 Å². The first-order valence-electron chi connectivity index (χ1n) is 6.05. The van der Waals surface area contributed by atoms with Crippen LogP contribution in [0.3, 0.4) is 0 Å². The van der Waals surface area contributed by atoms with Gasteiger partial charge in [-0.2, -0.15) is 0 Å². The van der Waals surface area contributed by atoms with Crippen LogP contribution in [0.25, 0.3) is 0 Å². The third kappa shape index (κ3) is 1.50. The molecule has 1 aromatic carbocycles. The largest absolute Gasteiger partial charge is 0.348 e. The number of fused-ring (bicyclic) bond motifs is 1. The summed E-state index contributed by atoms with van der Waals surface area (Å²) in [4.78, 5) is 7.76. The Hall–Kier alpha value is -1.61. The van der Waals surface area contributed by atoms with Crippen molar-refractivity contribution in [1.82, 2.24) is 15.3 Å². The van der Waals surface area contributed by atoms with Crippen molar-refractivity contribution in [3.05, 3.63) is 53.1 Å². The molecule has 3 heteroatoms. The van der Waals surface area contributed by atoms with Crippen LogP contribution in [0, 0.1) is 6.92 Å². The van der Waals surface area contributed by atoms with Crippen molar-refractivity contribution in [3.63, 3.8) is 0 Å². The fourth-order valence-corrected chi connectivity index (χ4v) is 2.82. The molecule has 1 aliphatic rings. The lowest BCUT2D eigenvalue weighted by Gasteiger charge is -2.35. The molecule has 2 aromatic rings. The van der Waals surface area contributed by atoms with E-state index in [1.165, 1.54) is 16.8 Å². The second kappa shape index (κ2) is 3.70. The average Bonchev–Trinajstić information content (AvgIpc) is 2.79. The molecular formula is C14H17N3. The molecule has 0 saturated heterocycles. The van der Waals surface area contributed by atoms with Gasteiger partial charge in [-0.1, -0.05) is 24.3 Å². The first kappa shape index (κ1) is 10.5. The zero-order valence-corrected chi connectivity index (χ0v) is 10.2. The minimum absolute atomic E-state index is 0.168. The van der Waals surface area contributed by atoms with Gasteiger partial charge in [0.25, 0.3) is 0 Å². The number of hydrogen-bond donors (Lipinski definition) is 2. The number of aryl methyl sites for hydroxylation is 1. The van der Waals surface area contributed by atoms with Gasteiger partial charge in [0.05, 0.1) is 17.6 Å². The summed E-state index contributed by atoms with van der Waals surface area (Å²) in [6.07, 6.45) is 2.82. The van der Waals surface area contributed by atoms with Crippen LogP contribution in [0.15, 0.2) is 30.6 Å². The molecule has 2 N–H and O–H groups in total. The van der Waals surface area contributed by atoms with Gasteiger partial charge in [-0.25, -0.2) is 4.98 Å². The highest BCUT2D eigenvalue weighted by Crippen LogP contribution is 2.34. The topological polar surface area (TPSA) is 40.7 Å². The molecule has 2 heterocycles. The Bertz CT molecular complexity index is 544. The van der Waals surface area contributed by atoms with Crippen LogP contribution in [-0.4, -0.2) is 16.5 Å². The normalized spacial score (nSPS) is 23.4. The second-order valence-electron chi connectivity index (χ2n) is 4.85. The Morgan fingerprint density at radius 2 is 2.12 bits per heavy atom. The van der Waals surface area contributed by atoms with E-state index in [0.717, 1.165) is 18.7 Å². The van der Waals surface area contributed by atoms with Crippen molar-refractivity contribution in [2.24, 2.45) is 0 Å². The van der Waals surface area contributed by atoms with E-state index >= 15 is 0 Å². The van der Waals surface area contributed by atoms with Gasteiger partial charge in [0.1, 0.15) is 0 Å². The SMILES string of the molecule is Cc1ccccc1C1(C)NCCc2[nH]cnc21. The standard InChI is InChI=1S/C14H17N3/c1-10-5-3-4-6-11(10)14(2)13-12(7-8-17-14)15-9-16-13/h3-6,9,17H,7-8H2,1-2H3,(H,15,16). The van der Waals surface area contributed by atoms with Gasteiger partial charge in [-0.3, -0.25) is 0 Å². The van der Waals surface area contributed by atoms with E-state index in [9.17, 15) is 0 Å². The Morgan fingerprint density at radius 1 is 1.29 bits per heavy atom. The maximum atomic E-state index is 4.51. The average molecular weight is 227 g/mol. The zero-order valence-electron chi connectivity index (χ0n) is 10.2. The molecule has 0 spiro atoms. The molecule has 0 bridgehead atoms. The van der Waals surface area contributed by atoms with Crippen LogP contribution < -0.4 is 5.32 Å². The number of nitrogens with zero attached hydrogens (tertiary/aromatic N) is 1. The number of benzene rings is 1. The lowest BCUT2D eigenvalue weighted by Crippen LogP contribution is -2.46. The summed E-state index contributed by atoms with van der Waals surface area (Å²) in [5.41, 5.74) is 4.85. The predicted octanol–water partition coefficient (Wildman–Crippen LogP) is 2.13. The number of hydrogen-bond acceptors (Lipinski definition) is 2. The Labute approximate surface area is 101 Å².